The number of benzene rings is 2. The smallest absolute Gasteiger partial charge is 0.335 e. The van der Waals surface area contributed by atoms with Crippen LogP contribution in [0.3, 0.4) is 0 Å². The van der Waals surface area contributed by atoms with Gasteiger partial charge in [-0.1, -0.05) is 35.5 Å². The van der Waals surface area contributed by atoms with Crippen molar-refractivity contribution < 1.29 is 9.90 Å². The van der Waals surface area contributed by atoms with Gasteiger partial charge in [-0.05, 0) is 30.7 Å². The predicted octanol–water partition coefficient (Wildman–Crippen LogP) is 2.74. The first kappa shape index (κ1) is 12.3. The molecule has 0 saturated heterocycles. The number of carboxylic acids is 1. The van der Waals surface area contributed by atoms with Gasteiger partial charge in [-0.25, -0.2) is 9.48 Å². The van der Waals surface area contributed by atoms with Crippen LogP contribution in [-0.2, 0) is 0 Å². The van der Waals surface area contributed by atoms with Crippen molar-refractivity contribution in [2.75, 3.05) is 0 Å². The summed E-state index contributed by atoms with van der Waals surface area (Å²) in [6.45, 7) is 2.04. The number of carboxylic acid groups (broad SMARTS) is 1. The Morgan fingerprint density at radius 1 is 1.20 bits per heavy atom. The van der Waals surface area contributed by atoms with Crippen LogP contribution in [0.2, 0.25) is 0 Å². The minimum absolute atomic E-state index is 0.0388. The van der Waals surface area contributed by atoms with E-state index in [9.17, 15) is 4.79 Å². The van der Waals surface area contributed by atoms with Crippen LogP contribution in [0.1, 0.15) is 28.9 Å². The van der Waals surface area contributed by atoms with Crippen LogP contribution >= 0.6 is 0 Å². The molecule has 3 rings (SSSR count). The summed E-state index contributed by atoms with van der Waals surface area (Å²) in [5.41, 5.74) is 2.76. The molecule has 0 spiro atoms. The van der Waals surface area contributed by atoms with E-state index in [1.165, 1.54) is 0 Å². The van der Waals surface area contributed by atoms with E-state index < -0.39 is 5.97 Å². The Balaban J connectivity index is 2.07. The third-order valence-corrected chi connectivity index (χ3v) is 3.37. The van der Waals surface area contributed by atoms with Gasteiger partial charge in [0, 0.05) is 0 Å². The molecule has 1 heterocycles. The fourth-order valence-electron chi connectivity index (χ4n) is 2.23. The number of hydrogen-bond acceptors (Lipinski definition) is 3. The van der Waals surface area contributed by atoms with Gasteiger partial charge in [0.15, 0.2) is 0 Å². The molecule has 1 N–H and O–H groups in total. The molecule has 0 bridgehead atoms. The largest absolute Gasteiger partial charge is 0.478 e. The molecular weight excluding hydrogens is 254 g/mol. The number of nitrogens with zero attached hydrogens (tertiary/aromatic N) is 3. The maximum absolute atomic E-state index is 11.0. The highest BCUT2D eigenvalue weighted by Crippen LogP contribution is 2.22. The number of aromatic nitrogens is 3. The van der Waals surface area contributed by atoms with Crippen LogP contribution in [0.4, 0.5) is 0 Å². The van der Waals surface area contributed by atoms with Gasteiger partial charge in [-0.3, -0.25) is 0 Å². The maximum atomic E-state index is 11.0. The van der Waals surface area contributed by atoms with Crippen molar-refractivity contribution in [3.63, 3.8) is 0 Å². The third kappa shape index (κ3) is 2.03. The zero-order valence-electron chi connectivity index (χ0n) is 10.9. The first-order valence-electron chi connectivity index (χ1n) is 6.30. The van der Waals surface area contributed by atoms with Gasteiger partial charge in [0.05, 0.1) is 17.1 Å². The van der Waals surface area contributed by atoms with Gasteiger partial charge in [0.1, 0.15) is 5.52 Å². The highest BCUT2D eigenvalue weighted by molar-refractivity contribution is 5.92. The van der Waals surface area contributed by atoms with Gasteiger partial charge in [0.2, 0.25) is 0 Å². The molecule has 20 heavy (non-hydrogen) atoms. The molecule has 2 aromatic carbocycles. The van der Waals surface area contributed by atoms with E-state index in [2.05, 4.69) is 10.3 Å². The standard InChI is InChI=1S/C15H13N3O2/c1-10(11-5-3-2-4-6-11)18-14-8-7-12(15(19)20)9-13(14)16-17-18/h2-10H,1H3,(H,19,20)/t10-/m0/s1. The molecule has 100 valence electrons. The Morgan fingerprint density at radius 2 is 1.95 bits per heavy atom. The summed E-state index contributed by atoms with van der Waals surface area (Å²) in [5.74, 6) is -0.961. The summed E-state index contributed by atoms with van der Waals surface area (Å²) in [5, 5.41) is 17.2. The van der Waals surface area contributed by atoms with Crippen LogP contribution < -0.4 is 0 Å². The number of fused-ring (bicyclic) bond motifs is 1. The highest BCUT2D eigenvalue weighted by Gasteiger charge is 2.14. The monoisotopic (exact) mass is 267 g/mol. The first-order valence-corrected chi connectivity index (χ1v) is 6.30. The summed E-state index contributed by atoms with van der Waals surface area (Å²) < 4.78 is 1.80. The van der Waals surface area contributed by atoms with Gasteiger partial charge in [-0.15, -0.1) is 5.10 Å². The topological polar surface area (TPSA) is 68.0 Å². The Bertz CT molecular complexity index is 765. The number of hydrogen-bond donors (Lipinski definition) is 1. The average molecular weight is 267 g/mol. The van der Waals surface area contributed by atoms with Crippen LogP contribution in [-0.4, -0.2) is 26.1 Å². The van der Waals surface area contributed by atoms with Crippen LogP contribution in [0.5, 0.6) is 0 Å². The van der Waals surface area contributed by atoms with Crippen molar-refractivity contribution in [3.8, 4) is 0 Å². The molecule has 0 aliphatic carbocycles. The fraction of sp³-hybridized carbons (Fsp3) is 0.133. The Morgan fingerprint density at radius 3 is 2.65 bits per heavy atom. The average Bonchev–Trinajstić information content (AvgIpc) is 2.90. The molecule has 5 heteroatoms. The van der Waals surface area contributed by atoms with Crippen molar-refractivity contribution >= 4 is 17.0 Å². The van der Waals surface area contributed by atoms with Crippen molar-refractivity contribution in [1.82, 2.24) is 15.0 Å². The molecule has 0 unspecified atom stereocenters. The third-order valence-electron chi connectivity index (χ3n) is 3.37. The van der Waals surface area contributed by atoms with Crippen LogP contribution in [0, 0.1) is 0 Å². The van der Waals surface area contributed by atoms with Gasteiger partial charge in [-0.2, -0.15) is 0 Å². The first-order chi connectivity index (χ1) is 9.66. The molecule has 3 aromatic rings. The number of carbonyl (C=O) groups is 1. The van der Waals surface area contributed by atoms with Crippen molar-refractivity contribution in [3.05, 3.63) is 59.7 Å². The van der Waals surface area contributed by atoms with Gasteiger partial charge in [0.25, 0.3) is 0 Å². The molecule has 0 aliphatic heterocycles. The van der Waals surface area contributed by atoms with Crippen LogP contribution in [0.25, 0.3) is 11.0 Å². The second-order valence-electron chi connectivity index (χ2n) is 4.63. The van der Waals surface area contributed by atoms with Crippen LogP contribution in [0.15, 0.2) is 48.5 Å². The van der Waals surface area contributed by atoms with E-state index in [4.69, 9.17) is 5.11 Å². The molecule has 5 nitrogen and oxygen atoms in total. The molecule has 0 amide bonds. The molecule has 0 radical (unpaired) electrons. The lowest BCUT2D eigenvalue weighted by molar-refractivity contribution is 0.0697. The summed E-state index contributed by atoms with van der Waals surface area (Å²) in [7, 11) is 0. The predicted molar refractivity (Wildman–Crippen MR) is 74.7 cm³/mol. The van der Waals surface area contributed by atoms with Gasteiger partial charge < -0.3 is 5.11 Å². The van der Waals surface area contributed by atoms with Gasteiger partial charge >= 0.3 is 5.97 Å². The Hall–Kier alpha value is -2.69. The maximum Gasteiger partial charge on any atom is 0.335 e. The van der Waals surface area contributed by atoms with Crippen molar-refractivity contribution in [2.45, 2.75) is 13.0 Å². The summed E-state index contributed by atoms with van der Waals surface area (Å²) in [6, 6.07) is 14.9. The molecule has 0 fully saturated rings. The lowest BCUT2D eigenvalue weighted by atomic mass is 10.1. The molecule has 1 atom stereocenters. The second-order valence-corrected chi connectivity index (χ2v) is 4.63. The normalized spacial score (nSPS) is 12.4. The van der Waals surface area contributed by atoms with E-state index in [1.54, 1.807) is 22.9 Å². The fourth-order valence-corrected chi connectivity index (χ4v) is 2.23. The molecule has 0 aliphatic rings. The quantitative estimate of drug-likeness (QED) is 0.792. The summed E-state index contributed by atoms with van der Waals surface area (Å²) in [4.78, 5) is 11.0. The highest BCUT2D eigenvalue weighted by atomic mass is 16.4. The zero-order chi connectivity index (χ0) is 14.1. The molecular formula is C15H13N3O2. The van der Waals surface area contributed by atoms with Crippen molar-refractivity contribution in [1.29, 1.82) is 0 Å². The van der Waals surface area contributed by atoms with E-state index in [0.717, 1.165) is 11.1 Å². The minimum atomic E-state index is -0.961. The van der Waals surface area contributed by atoms with E-state index in [0.29, 0.717) is 5.52 Å². The number of aromatic carboxylic acids is 1. The zero-order valence-corrected chi connectivity index (χ0v) is 10.9. The Labute approximate surface area is 115 Å². The van der Waals surface area contributed by atoms with E-state index in [-0.39, 0.29) is 11.6 Å². The Kier molecular flexibility index (Phi) is 2.95. The molecule has 1 aromatic heterocycles. The number of rotatable bonds is 3. The van der Waals surface area contributed by atoms with Crippen molar-refractivity contribution in [2.24, 2.45) is 0 Å². The summed E-state index contributed by atoms with van der Waals surface area (Å²) >= 11 is 0. The summed E-state index contributed by atoms with van der Waals surface area (Å²) in [6.07, 6.45) is 0. The lowest BCUT2D eigenvalue weighted by Gasteiger charge is -2.12. The second kappa shape index (κ2) is 4.77. The lowest BCUT2D eigenvalue weighted by Crippen LogP contribution is -2.08. The van der Waals surface area contributed by atoms with E-state index in [1.807, 2.05) is 37.3 Å². The molecule has 0 saturated carbocycles. The van der Waals surface area contributed by atoms with E-state index >= 15 is 0 Å². The SMILES string of the molecule is C[C@@H](c1ccccc1)n1nnc2cc(C(=O)O)ccc21. The minimum Gasteiger partial charge on any atom is -0.478 e.